The molecule has 7 heteroatoms. The molecule has 1 aromatic carbocycles. The van der Waals surface area contributed by atoms with Crippen LogP contribution in [0.4, 0.5) is 0 Å². The molecule has 3 heterocycles. The van der Waals surface area contributed by atoms with Crippen LogP contribution in [0.2, 0.25) is 0 Å². The number of amides is 1. The maximum absolute atomic E-state index is 12.9. The molecule has 0 aliphatic carbocycles. The molecule has 1 unspecified atom stereocenters. The molecule has 148 valence electrons. The summed E-state index contributed by atoms with van der Waals surface area (Å²) in [5.41, 5.74) is 2.76. The summed E-state index contributed by atoms with van der Waals surface area (Å²) in [6.45, 7) is 7.87. The van der Waals surface area contributed by atoms with Gasteiger partial charge in [0.15, 0.2) is 5.16 Å². The van der Waals surface area contributed by atoms with E-state index in [0.29, 0.717) is 12.0 Å². The van der Waals surface area contributed by atoms with Crippen LogP contribution in [0.25, 0.3) is 0 Å². The van der Waals surface area contributed by atoms with Crippen molar-refractivity contribution in [2.45, 2.75) is 38.0 Å². The van der Waals surface area contributed by atoms with E-state index in [0.717, 1.165) is 49.3 Å². The molecule has 28 heavy (non-hydrogen) atoms. The molecule has 4 rings (SSSR count). The van der Waals surface area contributed by atoms with Crippen molar-refractivity contribution in [1.82, 2.24) is 19.4 Å². The number of benzene rings is 1. The van der Waals surface area contributed by atoms with E-state index in [1.807, 2.05) is 24.8 Å². The van der Waals surface area contributed by atoms with Gasteiger partial charge in [0.2, 0.25) is 5.91 Å². The fraction of sp³-hybridized carbons (Fsp3) is 0.476. The predicted molar refractivity (Wildman–Crippen MR) is 111 cm³/mol. The van der Waals surface area contributed by atoms with Gasteiger partial charge in [0.05, 0.1) is 6.04 Å². The highest BCUT2D eigenvalue weighted by atomic mass is 32.2. The van der Waals surface area contributed by atoms with Gasteiger partial charge in [-0.15, -0.1) is 0 Å². The van der Waals surface area contributed by atoms with E-state index >= 15 is 0 Å². The number of hydrogen-bond acceptors (Lipinski definition) is 5. The molecule has 1 atom stereocenters. The Bertz CT molecular complexity index is 920. The summed E-state index contributed by atoms with van der Waals surface area (Å²) in [5.74, 6) is 0.883. The molecule has 1 amide bonds. The summed E-state index contributed by atoms with van der Waals surface area (Å²) in [7, 11) is 0. The van der Waals surface area contributed by atoms with Gasteiger partial charge in [-0.25, -0.2) is 4.98 Å². The van der Waals surface area contributed by atoms with Crippen LogP contribution < -0.4 is 5.56 Å². The minimum Gasteiger partial charge on any atom is -0.340 e. The van der Waals surface area contributed by atoms with Crippen molar-refractivity contribution in [3.05, 3.63) is 57.5 Å². The Morgan fingerprint density at radius 3 is 2.57 bits per heavy atom. The van der Waals surface area contributed by atoms with E-state index in [2.05, 4.69) is 34.1 Å². The summed E-state index contributed by atoms with van der Waals surface area (Å²) in [6, 6.07) is 10.3. The average molecular weight is 399 g/mol. The smallest absolute Gasteiger partial charge is 0.257 e. The second-order valence-electron chi connectivity index (χ2n) is 7.59. The van der Waals surface area contributed by atoms with E-state index in [1.54, 1.807) is 16.3 Å². The van der Waals surface area contributed by atoms with Crippen LogP contribution in [0.15, 0.2) is 40.3 Å². The highest BCUT2D eigenvalue weighted by Crippen LogP contribution is 2.33. The number of aromatic nitrogens is 2. The van der Waals surface area contributed by atoms with E-state index < -0.39 is 0 Å². The lowest BCUT2D eigenvalue weighted by atomic mass is 10.1. The predicted octanol–water partition coefficient (Wildman–Crippen LogP) is 2.24. The molecule has 6 nitrogen and oxygen atoms in total. The number of piperazine rings is 1. The Balaban J connectivity index is 1.35. The molecule has 0 bridgehead atoms. The summed E-state index contributed by atoms with van der Waals surface area (Å²) in [5, 5.41) is 0.749. The fourth-order valence-corrected chi connectivity index (χ4v) is 5.03. The first kappa shape index (κ1) is 19.2. The summed E-state index contributed by atoms with van der Waals surface area (Å²) < 4.78 is 1.73. The molecule has 0 spiro atoms. The Hall–Kier alpha value is -2.12. The summed E-state index contributed by atoms with van der Waals surface area (Å²) in [6.07, 6.45) is 0.378. The topological polar surface area (TPSA) is 58.4 Å². The van der Waals surface area contributed by atoms with Crippen molar-refractivity contribution >= 4 is 17.7 Å². The minimum atomic E-state index is -0.0888. The monoisotopic (exact) mass is 398 g/mol. The van der Waals surface area contributed by atoms with Gasteiger partial charge in [0.1, 0.15) is 0 Å². The largest absolute Gasteiger partial charge is 0.340 e. The van der Waals surface area contributed by atoms with Gasteiger partial charge in [-0.3, -0.25) is 19.1 Å². The first-order valence-electron chi connectivity index (χ1n) is 9.79. The number of carbonyl (C=O) groups is 1. The maximum atomic E-state index is 12.9. The Labute approximate surface area is 169 Å². The first-order chi connectivity index (χ1) is 13.5. The van der Waals surface area contributed by atoms with Crippen molar-refractivity contribution in [2.24, 2.45) is 0 Å². The number of nitrogens with zero attached hydrogens (tertiary/aromatic N) is 4. The maximum Gasteiger partial charge on any atom is 0.257 e. The zero-order chi connectivity index (χ0) is 19.7. The number of hydrogen-bond donors (Lipinski definition) is 0. The fourth-order valence-electron chi connectivity index (χ4n) is 3.85. The standard InChI is InChI=1S/C21H26N4O2S/c1-15-16(2)22-21-25(20(15)27)18(14-28-21)12-19(26)24-10-8-23(9-11-24)13-17-6-4-3-5-7-17/h3-7,18H,8-14H2,1-2H3. The van der Waals surface area contributed by atoms with Crippen LogP contribution >= 0.6 is 11.8 Å². The van der Waals surface area contributed by atoms with Crippen LogP contribution in [0.3, 0.4) is 0 Å². The molecule has 1 aromatic heterocycles. The zero-order valence-corrected chi connectivity index (χ0v) is 17.2. The lowest BCUT2D eigenvalue weighted by Crippen LogP contribution is -2.48. The van der Waals surface area contributed by atoms with E-state index in [4.69, 9.17) is 0 Å². The molecule has 0 radical (unpaired) electrons. The van der Waals surface area contributed by atoms with Crippen LogP contribution in [0.1, 0.15) is 29.3 Å². The van der Waals surface area contributed by atoms with Crippen molar-refractivity contribution in [2.75, 3.05) is 31.9 Å². The van der Waals surface area contributed by atoms with Gasteiger partial charge in [0, 0.05) is 56.2 Å². The van der Waals surface area contributed by atoms with Gasteiger partial charge >= 0.3 is 0 Å². The normalized spacial score (nSPS) is 19.6. The third-order valence-electron chi connectivity index (χ3n) is 5.71. The molecule has 0 N–H and O–H groups in total. The van der Waals surface area contributed by atoms with Crippen LogP contribution in [-0.4, -0.2) is 57.2 Å². The van der Waals surface area contributed by atoms with Crippen molar-refractivity contribution in [3.8, 4) is 0 Å². The molecule has 1 saturated heterocycles. The zero-order valence-electron chi connectivity index (χ0n) is 16.4. The quantitative estimate of drug-likeness (QED) is 0.740. The lowest BCUT2D eigenvalue weighted by molar-refractivity contribution is -0.133. The molecule has 1 fully saturated rings. The highest BCUT2D eigenvalue weighted by molar-refractivity contribution is 7.99. The number of rotatable bonds is 4. The molecule has 2 aromatic rings. The third-order valence-corrected chi connectivity index (χ3v) is 6.80. The summed E-state index contributed by atoms with van der Waals surface area (Å²) >= 11 is 1.58. The van der Waals surface area contributed by atoms with Crippen LogP contribution in [-0.2, 0) is 11.3 Å². The van der Waals surface area contributed by atoms with Gasteiger partial charge in [0.25, 0.3) is 5.56 Å². The SMILES string of the molecule is Cc1nc2n(c(=O)c1C)C(CC(=O)N1CCN(Cc3ccccc3)CC1)CS2. The van der Waals surface area contributed by atoms with Crippen molar-refractivity contribution < 1.29 is 4.79 Å². The number of thioether (sulfide) groups is 1. The second-order valence-corrected chi connectivity index (χ2v) is 8.58. The average Bonchev–Trinajstić information content (AvgIpc) is 3.10. The summed E-state index contributed by atoms with van der Waals surface area (Å²) in [4.78, 5) is 34.4. The Kier molecular flexibility index (Phi) is 5.55. The Morgan fingerprint density at radius 1 is 1.14 bits per heavy atom. The van der Waals surface area contributed by atoms with E-state index in [9.17, 15) is 9.59 Å². The van der Waals surface area contributed by atoms with Crippen LogP contribution in [0, 0.1) is 13.8 Å². The van der Waals surface area contributed by atoms with Crippen molar-refractivity contribution in [1.29, 1.82) is 0 Å². The van der Waals surface area contributed by atoms with Crippen molar-refractivity contribution in [3.63, 3.8) is 0 Å². The second kappa shape index (κ2) is 8.09. The van der Waals surface area contributed by atoms with E-state index in [1.165, 1.54) is 5.56 Å². The first-order valence-corrected chi connectivity index (χ1v) is 10.8. The lowest BCUT2D eigenvalue weighted by Gasteiger charge is -2.35. The highest BCUT2D eigenvalue weighted by Gasteiger charge is 2.31. The van der Waals surface area contributed by atoms with Crippen LogP contribution in [0.5, 0.6) is 0 Å². The van der Waals surface area contributed by atoms with Gasteiger partial charge in [-0.2, -0.15) is 0 Å². The number of fused-ring (bicyclic) bond motifs is 1. The minimum absolute atomic E-state index is 0.00187. The number of carbonyl (C=O) groups excluding carboxylic acids is 1. The van der Waals surface area contributed by atoms with Gasteiger partial charge in [-0.05, 0) is 19.4 Å². The van der Waals surface area contributed by atoms with E-state index in [-0.39, 0.29) is 17.5 Å². The number of aryl methyl sites for hydroxylation is 1. The molecule has 0 saturated carbocycles. The molecular formula is C21H26N4O2S. The van der Waals surface area contributed by atoms with Gasteiger partial charge in [-0.1, -0.05) is 42.1 Å². The molecule has 2 aliphatic heterocycles. The Morgan fingerprint density at radius 2 is 1.86 bits per heavy atom. The van der Waals surface area contributed by atoms with Gasteiger partial charge < -0.3 is 4.90 Å². The molecular weight excluding hydrogens is 372 g/mol. The molecule has 2 aliphatic rings. The third kappa shape index (κ3) is 3.86.